The van der Waals surface area contributed by atoms with Gasteiger partial charge < -0.3 is 30.3 Å². The molecule has 3 fully saturated rings. The van der Waals surface area contributed by atoms with Gasteiger partial charge in [-0.15, -0.1) is 5.10 Å². The Morgan fingerprint density at radius 1 is 1.16 bits per heavy atom. The molecular formula is C24H25ClN10O2. The van der Waals surface area contributed by atoms with Crippen molar-refractivity contribution in [1.29, 1.82) is 10.5 Å². The average molecular weight is 521 g/mol. The summed E-state index contributed by atoms with van der Waals surface area (Å²) >= 11 is 6.90. The minimum absolute atomic E-state index is 0.0359. The van der Waals surface area contributed by atoms with Gasteiger partial charge in [-0.25, -0.2) is 4.98 Å². The second-order valence-corrected chi connectivity index (χ2v) is 9.85. The lowest BCUT2D eigenvalue weighted by atomic mass is 10.1. The van der Waals surface area contributed by atoms with Crippen molar-refractivity contribution in [1.82, 2.24) is 24.9 Å². The molecule has 13 heteroatoms. The molecule has 3 aliphatic rings. The van der Waals surface area contributed by atoms with Crippen LogP contribution < -0.4 is 20.9 Å². The third-order valence-electron chi connectivity index (χ3n) is 6.82. The van der Waals surface area contributed by atoms with Crippen molar-refractivity contribution in [3.63, 3.8) is 0 Å². The molecule has 0 amide bonds. The number of imidazole rings is 1. The third kappa shape index (κ3) is 4.61. The van der Waals surface area contributed by atoms with E-state index in [4.69, 9.17) is 21.1 Å². The smallest absolute Gasteiger partial charge is 0.247 e. The van der Waals surface area contributed by atoms with E-state index in [1.807, 2.05) is 0 Å². The summed E-state index contributed by atoms with van der Waals surface area (Å²) in [5.41, 5.74) is 2.41. The van der Waals surface area contributed by atoms with Crippen molar-refractivity contribution in [2.75, 3.05) is 48.9 Å². The predicted molar refractivity (Wildman–Crippen MR) is 136 cm³/mol. The molecule has 12 nitrogen and oxygen atoms in total. The first kappa shape index (κ1) is 23.7. The first-order valence-electron chi connectivity index (χ1n) is 12.1. The van der Waals surface area contributed by atoms with Crippen LogP contribution in [0.2, 0.25) is 5.02 Å². The van der Waals surface area contributed by atoms with Crippen LogP contribution in [0.25, 0.3) is 5.65 Å². The minimum atomic E-state index is -0.0359. The molecule has 4 heterocycles. The maximum absolute atomic E-state index is 9.75. The number of nitriles is 2. The van der Waals surface area contributed by atoms with Crippen molar-refractivity contribution in [3.05, 3.63) is 34.6 Å². The largest absolute Gasteiger partial charge is 0.378 e. The summed E-state index contributed by atoms with van der Waals surface area (Å²) in [4.78, 5) is 11.0. The van der Waals surface area contributed by atoms with Crippen LogP contribution in [0.4, 0.5) is 23.1 Å². The molecule has 1 aliphatic carbocycles. The molecule has 37 heavy (non-hydrogen) atoms. The predicted octanol–water partition coefficient (Wildman–Crippen LogP) is 2.03. The lowest BCUT2D eigenvalue weighted by Crippen LogP contribution is -2.54. The Morgan fingerprint density at radius 3 is 2.68 bits per heavy atom. The fourth-order valence-electron chi connectivity index (χ4n) is 4.65. The monoisotopic (exact) mass is 520 g/mol. The van der Waals surface area contributed by atoms with Crippen molar-refractivity contribution >= 4 is 40.4 Å². The average Bonchev–Trinajstić information content (AvgIpc) is 3.44. The highest BCUT2D eigenvalue weighted by Gasteiger charge is 2.37. The van der Waals surface area contributed by atoms with Crippen LogP contribution in [-0.2, 0) is 9.47 Å². The maximum atomic E-state index is 9.75. The number of nitrogens with one attached hydrogen (secondary N) is 3. The zero-order chi connectivity index (χ0) is 25.5. The molecule has 190 valence electrons. The summed E-state index contributed by atoms with van der Waals surface area (Å²) in [5, 5.41) is 34.3. The number of benzene rings is 1. The number of aromatic nitrogens is 4. The first-order valence-corrected chi connectivity index (χ1v) is 12.5. The highest BCUT2D eigenvalue weighted by molar-refractivity contribution is 6.36. The molecule has 0 bridgehead atoms. The van der Waals surface area contributed by atoms with E-state index in [2.05, 4.69) is 48.1 Å². The van der Waals surface area contributed by atoms with Crippen molar-refractivity contribution in [2.24, 2.45) is 0 Å². The van der Waals surface area contributed by atoms with Gasteiger partial charge in [0.05, 0.1) is 65.6 Å². The van der Waals surface area contributed by atoms with E-state index < -0.39 is 0 Å². The highest BCUT2D eigenvalue weighted by atomic mass is 35.5. The zero-order valence-corrected chi connectivity index (χ0v) is 20.9. The summed E-state index contributed by atoms with van der Waals surface area (Å²) < 4.78 is 12.5. The van der Waals surface area contributed by atoms with Gasteiger partial charge in [0, 0.05) is 26.2 Å². The number of hydrogen-bond acceptors (Lipinski definition) is 11. The van der Waals surface area contributed by atoms with Crippen molar-refractivity contribution in [3.8, 4) is 12.1 Å². The van der Waals surface area contributed by atoms with Crippen molar-refractivity contribution < 1.29 is 9.47 Å². The van der Waals surface area contributed by atoms with E-state index in [-0.39, 0.29) is 23.8 Å². The Morgan fingerprint density at radius 2 is 2.00 bits per heavy atom. The number of halogens is 1. The lowest BCUT2D eigenvalue weighted by molar-refractivity contribution is -0.0183. The Labute approximate surface area is 218 Å². The van der Waals surface area contributed by atoms with Crippen LogP contribution in [0.15, 0.2) is 18.3 Å². The summed E-state index contributed by atoms with van der Waals surface area (Å²) in [6.07, 6.45) is 3.52. The second-order valence-electron chi connectivity index (χ2n) is 9.47. The van der Waals surface area contributed by atoms with E-state index >= 15 is 0 Å². The van der Waals surface area contributed by atoms with Crippen LogP contribution in [0.1, 0.15) is 24.1 Å². The Balaban J connectivity index is 1.32. The first-order chi connectivity index (χ1) is 18.1. The van der Waals surface area contributed by atoms with E-state index in [0.29, 0.717) is 66.1 Å². The number of nitrogens with zero attached hydrogens (tertiary/aromatic N) is 7. The molecule has 1 aromatic carbocycles. The van der Waals surface area contributed by atoms with Crippen LogP contribution in [0.5, 0.6) is 0 Å². The van der Waals surface area contributed by atoms with Crippen LogP contribution in [0.3, 0.4) is 0 Å². The van der Waals surface area contributed by atoms with Crippen molar-refractivity contribution in [2.45, 2.75) is 37.1 Å². The summed E-state index contributed by atoms with van der Waals surface area (Å²) in [7, 11) is 1.70. The molecule has 2 aliphatic heterocycles. The quantitative estimate of drug-likeness (QED) is 0.400. The zero-order valence-electron chi connectivity index (χ0n) is 20.1. The molecule has 2 atom stereocenters. The number of fused-ring (bicyclic) bond motifs is 1. The molecule has 2 saturated heterocycles. The van der Waals surface area contributed by atoms with Crippen LogP contribution in [0, 0.1) is 22.7 Å². The van der Waals surface area contributed by atoms with E-state index in [0.717, 1.165) is 18.5 Å². The van der Waals surface area contributed by atoms with Gasteiger partial charge in [0.1, 0.15) is 6.07 Å². The number of anilines is 4. The standard InChI is InChI=1S/C24H25ClN10O2/c1-36-20-10-34(9-18(20)29-15-11-37-12-15)19-5-13(6-26)4-17(21(19)25)31-24-32-22(30-14-2-3-14)23-28-8-16(7-27)35(23)33-24/h4-5,8,14-15,18,20,29H,2-3,9-12H2,1H3,(H2,30,31,32,33)/t18-,20-/m1/s1. The molecule has 1 saturated carbocycles. The van der Waals surface area contributed by atoms with Gasteiger partial charge in [-0.05, 0) is 25.0 Å². The molecule has 2 aromatic heterocycles. The van der Waals surface area contributed by atoms with Gasteiger partial charge in [-0.3, -0.25) is 0 Å². The van der Waals surface area contributed by atoms with E-state index in [1.165, 1.54) is 10.7 Å². The minimum Gasteiger partial charge on any atom is -0.378 e. The molecule has 0 unspecified atom stereocenters. The van der Waals surface area contributed by atoms with E-state index in [9.17, 15) is 10.5 Å². The topological polar surface area (TPSA) is 148 Å². The normalized spacial score (nSPS) is 21.5. The number of methoxy groups -OCH3 is 1. The molecule has 0 radical (unpaired) electrons. The summed E-state index contributed by atoms with van der Waals surface area (Å²) in [6, 6.07) is 8.50. The molecular weight excluding hydrogens is 496 g/mol. The van der Waals surface area contributed by atoms with Crippen LogP contribution in [-0.4, -0.2) is 77.2 Å². The summed E-state index contributed by atoms with van der Waals surface area (Å²) in [5.74, 6) is 0.763. The fraction of sp³-hybridized carbons (Fsp3) is 0.458. The molecule has 0 spiro atoms. The lowest BCUT2D eigenvalue weighted by Gasteiger charge is -2.31. The number of hydrogen-bond donors (Lipinski definition) is 3. The van der Waals surface area contributed by atoms with Gasteiger partial charge in [0.15, 0.2) is 17.2 Å². The Kier molecular flexibility index (Phi) is 6.18. The summed E-state index contributed by atoms with van der Waals surface area (Å²) in [6.45, 7) is 2.67. The highest BCUT2D eigenvalue weighted by Crippen LogP contribution is 2.38. The number of ether oxygens (including phenoxy) is 2. The molecule has 3 aromatic rings. The van der Waals surface area contributed by atoms with Gasteiger partial charge >= 0.3 is 0 Å². The third-order valence-corrected chi connectivity index (χ3v) is 7.22. The SMILES string of the molecule is CO[C@@H]1CN(c2cc(C#N)cc(Nc3nc(NC4CC4)c4ncc(C#N)n4n3)c2Cl)C[C@H]1NC1COC1. The Hall–Kier alpha value is -3.68. The van der Waals surface area contributed by atoms with Gasteiger partial charge in [0.2, 0.25) is 5.95 Å². The van der Waals surface area contributed by atoms with Gasteiger partial charge in [-0.1, -0.05) is 11.6 Å². The second kappa shape index (κ2) is 9.65. The molecule has 6 rings (SSSR count). The van der Waals surface area contributed by atoms with Crippen LogP contribution >= 0.6 is 11.6 Å². The number of rotatable bonds is 8. The molecule has 3 N–H and O–H groups in total. The van der Waals surface area contributed by atoms with E-state index in [1.54, 1.807) is 19.2 Å². The fourth-order valence-corrected chi connectivity index (χ4v) is 4.92. The van der Waals surface area contributed by atoms with Gasteiger partial charge in [-0.2, -0.15) is 20.0 Å². The maximum Gasteiger partial charge on any atom is 0.247 e. The van der Waals surface area contributed by atoms with Gasteiger partial charge in [0.25, 0.3) is 0 Å². The Bertz CT molecular complexity index is 1420.